The number of esters is 1. The van der Waals surface area contributed by atoms with Gasteiger partial charge < -0.3 is 24.4 Å². The normalized spacial score (nSPS) is 13.3. The van der Waals surface area contributed by atoms with Gasteiger partial charge >= 0.3 is 5.97 Å². The summed E-state index contributed by atoms with van der Waals surface area (Å²) in [4.78, 5) is 39.7. The quantitative estimate of drug-likeness (QED) is 0.262. The number of ether oxygens (including phenoxy) is 3. The second-order valence-electron chi connectivity index (χ2n) is 11.1. The second kappa shape index (κ2) is 14.1. The monoisotopic (exact) mass is 576 g/mol. The van der Waals surface area contributed by atoms with Crippen LogP contribution in [0.25, 0.3) is 0 Å². The highest BCUT2D eigenvalue weighted by Crippen LogP contribution is 2.31. The summed E-state index contributed by atoms with van der Waals surface area (Å²) in [6.45, 7) is 10.8. The molecule has 0 saturated heterocycles. The number of nitrogens with one attached hydrogen (secondary N) is 2. The molecule has 0 spiro atoms. The molecule has 2 aromatic carbocycles. The first-order valence-corrected chi connectivity index (χ1v) is 14.1. The van der Waals surface area contributed by atoms with Gasteiger partial charge in [0.2, 0.25) is 0 Å². The average molecular weight is 577 g/mol. The van der Waals surface area contributed by atoms with Crippen molar-refractivity contribution >= 4 is 23.5 Å². The number of Topliss-reactive ketones (excluding diaryl/α,β-unsaturated/α-hetero) is 1. The van der Waals surface area contributed by atoms with Crippen LogP contribution in [0.3, 0.4) is 0 Å². The summed E-state index contributed by atoms with van der Waals surface area (Å²) in [7, 11) is 1.54. The van der Waals surface area contributed by atoms with Gasteiger partial charge in [0.15, 0.2) is 5.78 Å². The molecule has 0 aromatic heterocycles. The summed E-state index contributed by atoms with van der Waals surface area (Å²) in [6, 6.07) is 11.1. The lowest BCUT2D eigenvalue weighted by molar-refractivity contribution is -0.146. The summed E-state index contributed by atoms with van der Waals surface area (Å²) in [5, 5.41) is 20.5. The number of nitriles is 1. The highest BCUT2D eigenvalue weighted by molar-refractivity contribution is 6.07. The van der Waals surface area contributed by atoms with Crippen molar-refractivity contribution in [2.75, 3.05) is 26.8 Å². The summed E-state index contributed by atoms with van der Waals surface area (Å²) < 4.78 is 16.6. The van der Waals surface area contributed by atoms with Crippen LogP contribution in [-0.4, -0.2) is 61.3 Å². The van der Waals surface area contributed by atoms with Crippen LogP contribution >= 0.6 is 0 Å². The topological polar surface area (TPSA) is 142 Å². The van der Waals surface area contributed by atoms with Gasteiger partial charge in [0.25, 0.3) is 5.91 Å². The highest BCUT2D eigenvalue weighted by Gasteiger charge is 2.30. The summed E-state index contributed by atoms with van der Waals surface area (Å²) in [5.74, 6) is -0.299. The SMILES string of the molecule is CCOC(=O)CC(CC#N)OCc1cc(C(=O)CN2Cc3cc(OCC)c(C(=O)NC)cc3C2=N)cc(C(C)(C)C)c1. The van der Waals surface area contributed by atoms with Crippen molar-refractivity contribution in [2.24, 2.45) is 0 Å². The van der Waals surface area contributed by atoms with Gasteiger partial charge in [-0.15, -0.1) is 0 Å². The van der Waals surface area contributed by atoms with E-state index in [0.717, 1.165) is 16.7 Å². The van der Waals surface area contributed by atoms with Gasteiger partial charge in [-0.25, -0.2) is 0 Å². The maximum absolute atomic E-state index is 13.6. The van der Waals surface area contributed by atoms with Gasteiger partial charge in [-0.3, -0.25) is 19.8 Å². The number of rotatable bonds is 13. The molecular weight excluding hydrogens is 536 g/mol. The van der Waals surface area contributed by atoms with Gasteiger partial charge in [-0.2, -0.15) is 5.26 Å². The Morgan fingerprint density at radius 3 is 2.48 bits per heavy atom. The maximum atomic E-state index is 13.6. The summed E-state index contributed by atoms with van der Waals surface area (Å²) in [6.07, 6.45) is -0.624. The zero-order valence-electron chi connectivity index (χ0n) is 25.3. The third kappa shape index (κ3) is 7.95. The molecule has 3 rings (SSSR count). The summed E-state index contributed by atoms with van der Waals surface area (Å²) in [5.41, 5.74) is 3.65. The minimum absolute atomic E-state index is 0.0272. The Balaban J connectivity index is 1.83. The Labute approximate surface area is 247 Å². The molecule has 1 unspecified atom stereocenters. The molecule has 1 atom stereocenters. The minimum Gasteiger partial charge on any atom is -0.493 e. The van der Waals surface area contributed by atoms with Gasteiger partial charge in [-0.1, -0.05) is 26.8 Å². The number of fused-ring (bicyclic) bond motifs is 1. The Kier molecular flexibility index (Phi) is 10.8. The van der Waals surface area contributed by atoms with Crippen LogP contribution < -0.4 is 10.1 Å². The van der Waals surface area contributed by atoms with Crippen molar-refractivity contribution in [3.8, 4) is 11.8 Å². The summed E-state index contributed by atoms with van der Waals surface area (Å²) >= 11 is 0. The van der Waals surface area contributed by atoms with Gasteiger partial charge in [0.1, 0.15) is 11.6 Å². The van der Waals surface area contributed by atoms with Crippen LogP contribution in [0.2, 0.25) is 0 Å². The number of hydrogen-bond donors (Lipinski definition) is 2. The molecule has 0 radical (unpaired) electrons. The molecule has 10 heteroatoms. The van der Waals surface area contributed by atoms with Crippen molar-refractivity contribution in [3.63, 3.8) is 0 Å². The first-order chi connectivity index (χ1) is 19.9. The maximum Gasteiger partial charge on any atom is 0.308 e. The zero-order valence-corrected chi connectivity index (χ0v) is 25.3. The van der Waals surface area contributed by atoms with E-state index in [4.69, 9.17) is 19.6 Å². The number of nitrogens with zero attached hydrogens (tertiary/aromatic N) is 2. The van der Waals surface area contributed by atoms with E-state index < -0.39 is 12.1 Å². The molecule has 1 aliphatic rings. The van der Waals surface area contributed by atoms with Crippen molar-refractivity contribution < 1.29 is 28.6 Å². The van der Waals surface area contributed by atoms with Crippen LogP contribution in [0, 0.1) is 16.7 Å². The highest BCUT2D eigenvalue weighted by atomic mass is 16.5. The van der Waals surface area contributed by atoms with Crippen LogP contribution in [-0.2, 0) is 32.8 Å². The molecule has 10 nitrogen and oxygen atoms in total. The number of ketones is 1. The van der Waals surface area contributed by atoms with Crippen LogP contribution in [0.1, 0.15) is 90.4 Å². The molecule has 0 bridgehead atoms. The Bertz CT molecular complexity index is 1390. The molecule has 1 heterocycles. The van der Waals surface area contributed by atoms with Crippen molar-refractivity contribution in [2.45, 2.75) is 72.1 Å². The molecule has 2 N–H and O–H groups in total. The zero-order chi connectivity index (χ0) is 31.0. The van der Waals surface area contributed by atoms with E-state index in [1.165, 1.54) is 7.05 Å². The first kappa shape index (κ1) is 32.3. The lowest BCUT2D eigenvalue weighted by Gasteiger charge is -2.23. The first-order valence-electron chi connectivity index (χ1n) is 14.1. The number of amides is 1. The lowest BCUT2D eigenvalue weighted by Crippen LogP contribution is -2.30. The minimum atomic E-state index is -0.628. The Hall–Kier alpha value is -4.23. The number of benzene rings is 2. The third-order valence-electron chi connectivity index (χ3n) is 6.93. The third-order valence-corrected chi connectivity index (χ3v) is 6.93. The van der Waals surface area contributed by atoms with E-state index in [1.54, 1.807) is 30.0 Å². The van der Waals surface area contributed by atoms with Crippen molar-refractivity contribution in [1.29, 1.82) is 10.7 Å². The molecule has 42 heavy (non-hydrogen) atoms. The fourth-order valence-corrected chi connectivity index (χ4v) is 4.70. The van der Waals surface area contributed by atoms with E-state index in [0.29, 0.717) is 35.6 Å². The second-order valence-corrected chi connectivity index (χ2v) is 11.1. The smallest absolute Gasteiger partial charge is 0.308 e. The molecular formula is C32H40N4O6. The molecule has 0 aliphatic carbocycles. The largest absolute Gasteiger partial charge is 0.493 e. The standard InChI is InChI=1S/C32H40N4O6/c1-7-40-28-14-22-17-36(30(34)25(22)16-26(28)31(39)35-6)18-27(37)21-11-20(12-23(13-21)32(3,4)5)19-42-24(9-10-33)15-29(38)41-8-2/h11-14,16,24,34H,7-9,15,17-19H2,1-6H3,(H,35,39). The van der Waals surface area contributed by atoms with Crippen LogP contribution in [0.5, 0.6) is 5.75 Å². The fourth-order valence-electron chi connectivity index (χ4n) is 4.70. The van der Waals surface area contributed by atoms with Gasteiger partial charge in [-0.05, 0) is 60.2 Å². The van der Waals surface area contributed by atoms with Crippen molar-refractivity contribution in [1.82, 2.24) is 10.2 Å². The molecule has 0 saturated carbocycles. The lowest BCUT2D eigenvalue weighted by atomic mass is 9.84. The number of hydrogen-bond acceptors (Lipinski definition) is 8. The van der Waals surface area contributed by atoms with E-state index in [1.807, 2.05) is 45.9 Å². The number of carbonyl (C=O) groups excluding carboxylic acids is 3. The fraction of sp³-hybridized carbons (Fsp3) is 0.469. The molecule has 1 aliphatic heterocycles. The number of amidine groups is 1. The van der Waals surface area contributed by atoms with E-state index in [2.05, 4.69) is 5.32 Å². The Morgan fingerprint density at radius 1 is 1.12 bits per heavy atom. The van der Waals surface area contributed by atoms with Crippen LogP contribution in [0.4, 0.5) is 0 Å². The molecule has 2 aromatic rings. The predicted octanol–water partition coefficient (Wildman–Crippen LogP) is 4.52. The van der Waals surface area contributed by atoms with E-state index in [9.17, 15) is 19.6 Å². The van der Waals surface area contributed by atoms with Crippen LogP contribution in [0.15, 0.2) is 30.3 Å². The molecule has 1 amide bonds. The van der Waals surface area contributed by atoms with Crippen molar-refractivity contribution in [3.05, 3.63) is 63.7 Å². The Morgan fingerprint density at radius 2 is 1.86 bits per heavy atom. The molecule has 224 valence electrons. The predicted molar refractivity (Wildman–Crippen MR) is 158 cm³/mol. The van der Waals surface area contributed by atoms with E-state index in [-0.39, 0.29) is 55.5 Å². The number of carbonyl (C=O) groups is 3. The van der Waals surface area contributed by atoms with Gasteiger partial charge in [0.05, 0.1) is 56.9 Å². The molecule has 0 fully saturated rings. The average Bonchev–Trinajstić information content (AvgIpc) is 3.24. The van der Waals surface area contributed by atoms with E-state index >= 15 is 0 Å². The van der Waals surface area contributed by atoms with Gasteiger partial charge in [0, 0.05) is 24.7 Å².